The summed E-state index contributed by atoms with van der Waals surface area (Å²) in [4.78, 5) is 23.7. The zero-order valence-electron chi connectivity index (χ0n) is 17.2. The highest BCUT2D eigenvalue weighted by Gasteiger charge is 2.20. The lowest BCUT2D eigenvalue weighted by molar-refractivity contribution is 0.0937. The van der Waals surface area contributed by atoms with E-state index in [1.54, 1.807) is 29.0 Å². The van der Waals surface area contributed by atoms with Gasteiger partial charge in [0.1, 0.15) is 22.8 Å². The zero-order chi connectivity index (χ0) is 21.4. The molecule has 1 saturated heterocycles. The molecule has 4 aromatic heterocycles. The average Bonchev–Trinajstić information content (AvgIpc) is 3.42. The van der Waals surface area contributed by atoms with Crippen molar-refractivity contribution in [3.05, 3.63) is 42.4 Å². The van der Waals surface area contributed by atoms with E-state index in [1.807, 2.05) is 19.1 Å². The van der Waals surface area contributed by atoms with E-state index in [0.717, 1.165) is 29.9 Å². The third-order valence-electron chi connectivity index (χ3n) is 5.48. The Balaban J connectivity index is 1.54. The van der Waals surface area contributed by atoms with E-state index in [0.29, 0.717) is 36.0 Å². The van der Waals surface area contributed by atoms with Crippen molar-refractivity contribution in [2.24, 2.45) is 5.92 Å². The van der Waals surface area contributed by atoms with Crippen LogP contribution in [-0.2, 0) is 4.74 Å². The van der Waals surface area contributed by atoms with Crippen molar-refractivity contribution in [3.63, 3.8) is 0 Å². The lowest BCUT2D eigenvalue weighted by Gasteiger charge is -2.28. The summed E-state index contributed by atoms with van der Waals surface area (Å²) in [7, 11) is 0. The van der Waals surface area contributed by atoms with Crippen LogP contribution in [-0.4, -0.2) is 63.4 Å². The van der Waals surface area contributed by atoms with E-state index >= 15 is 0 Å². The summed E-state index contributed by atoms with van der Waals surface area (Å²) in [5, 5.41) is 14.6. The molecule has 1 atom stereocenters. The number of furan rings is 1. The maximum Gasteiger partial charge on any atom is 0.183 e. The first-order valence-corrected chi connectivity index (χ1v) is 10.3. The number of nitrogens with zero attached hydrogens (tertiary/aromatic N) is 5. The van der Waals surface area contributed by atoms with Gasteiger partial charge in [0.2, 0.25) is 0 Å². The number of morpholine rings is 1. The van der Waals surface area contributed by atoms with E-state index < -0.39 is 0 Å². The molecule has 9 heteroatoms. The van der Waals surface area contributed by atoms with Gasteiger partial charge in [0, 0.05) is 32.3 Å². The van der Waals surface area contributed by atoms with Gasteiger partial charge >= 0.3 is 0 Å². The normalized spacial score (nSPS) is 15.6. The Labute approximate surface area is 178 Å². The number of aliphatic hydroxyl groups excluding tert-OH is 1. The van der Waals surface area contributed by atoms with Crippen LogP contribution in [0.3, 0.4) is 0 Å². The summed E-state index contributed by atoms with van der Waals surface area (Å²) >= 11 is 0. The zero-order valence-corrected chi connectivity index (χ0v) is 17.2. The first kappa shape index (κ1) is 19.7. The molecule has 0 bridgehead atoms. The molecule has 5 heterocycles. The molecule has 0 amide bonds. The number of rotatable bonds is 6. The lowest BCUT2D eigenvalue weighted by atomic mass is 10.0. The quantitative estimate of drug-likeness (QED) is 0.474. The molecule has 0 aromatic carbocycles. The molecule has 1 N–H and O–H groups in total. The summed E-state index contributed by atoms with van der Waals surface area (Å²) < 4.78 is 13.2. The van der Waals surface area contributed by atoms with Gasteiger partial charge in [-0.15, -0.1) is 0 Å². The van der Waals surface area contributed by atoms with Gasteiger partial charge in [-0.3, -0.25) is 4.79 Å². The van der Waals surface area contributed by atoms with Crippen LogP contribution in [0.15, 0.2) is 41.1 Å². The number of imidazole rings is 1. The monoisotopic (exact) mass is 421 g/mol. The van der Waals surface area contributed by atoms with Crippen LogP contribution in [0.25, 0.3) is 28.1 Å². The summed E-state index contributed by atoms with van der Waals surface area (Å²) in [6.45, 7) is 4.69. The first-order chi connectivity index (χ1) is 15.1. The van der Waals surface area contributed by atoms with Crippen molar-refractivity contribution in [2.45, 2.75) is 13.3 Å². The highest BCUT2D eigenvalue weighted by molar-refractivity contribution is 5.94. The highest BCUT2D eigenvalue weighted by Crippen LogP contribution is 2.33. The van der Waals surface area contributed by atoms with Gasteiger partial charge in [0.15, 0.2) is 17.2 Å². The van der Waals surface area contributed by atoms with Crippen LogP contribution in [0.1, 0.15) is 23.8 Å². The molecule has 5 rings (SSSR count). The van der Waals surface area contributed by atoms with Gasteiger partial charge < -0.3 is 19.2 Å². The maximum absolute atomic E-state index is 12.5. The molecule has 0 aliphatic carbocycles. The predicted molar refractivity (Wildman–Crippen MR) is 114 cm³/mol. The van der Waals surface area contributed by atoms with E-state index in [9.17, 15) is 9.90 Å². The molecule has 1 fully saturated rings. The van der Waals surface area contributed by atoms with Crippen LogP contribution in [0.2, 0.25) is 0 Å². The minimum atomic E-state index is -0.119. The highest BCUT2D eigenvalue weighted by atomic mass is 16.5. The number of fused-ring (bicyclic) bond motifs is 2. The molecular weight excluding hydrogens is 398 g/mol. The van der Waals surface area contributed by atoms with Crippen molar-refractivity contribution in [3.8, 4) is 11.5 Å². The fourth-order valence-corrected chi connectivity index (χ4v) is 3.78. The number of ether oxygens (including phenoxy) is 1. The van der Waals surface area contributed by atoms with E-state index in [2.05, 4.69) is 20.0 Å². The van der Waals surface area contributed by atoms with E-state index in [1.165, 1.54) is 0 Å². The van der Waals surface area contributed by atoms with Crippen molar-refractivity contribution in [1.82, 2.24) is 19.6 Å². The van der Waals surface area contributed by atoms with Crippen LogP contribution in [0, 0.1) is 5.92 Å². The first-order valence-electron chi connectivity index (χ1n) is 10.3. The van der Waals surface area contributed by atoms with Crippen molar-refractivity contribution < 1.29 is 19.1 Å². The molecule has 0 saturated carbocycles. The number of aliphatic hydroxyl groups is 1. The molecule has 1 aliphatic rings. The van der Waals surface area contributed by atoms with Gasteiger partial charge in [0.25, 0.3) is 0 Å². The number of anilines is 1. The average molecular weight is 421 g/mol. The molecule has 0 unspecified atom stereocenters. The number of carbonyl (C=O) groups is 1. The smallest absolute Gasteiger partial charge is 0.183 e. The van der Waals surface area contributed by atoms with Crippen molar-refractivity contribution in [1.29, 1.82) is 0 Å². The standard InChI is InChI=1S/C22H23N5O4/c1-14(13-28)10-18(29)16-2-3-21-24-12-17(27(21)25-16)20-11-15-19(31-20)4-5-23-22(15)26-6-8-30-9-7-26/h2-5,11-12,14,28H,6-10,13H2,1H3/t14-/m0/s1. The number of aromatic nitrogens is 4. The second kappa shape index (κ2) is 8.09. The van der Waals surface area contributed by atoms with Crippen molar-refractivity contribution in [2.75, 3.05) is 37.8 Å². The van der Waals surface area contributed by atoms with Gasteiger partial charge in [-0.2, -0.15) is 5.10 Å². The fourth-order valence-electron chi connectivity index (χ4n) is 3.78. The van der Waals surface area contributed by atoms with Crippen LogP contribution < -0.4 is 4.90 Å². The SMILES string of the molecule is C[C@H](CO)CC(=O)c1ccc2ncc(-c3cc4c(N5CCOCC5)nccc4o3)n2n1. The molecule has 0 radical (unpaired) electrons. The number of hydrogen-bond donors (Lipinski definition) is 1. The summed E-state index contributed by atoms with van der Waals surface area (Å²) in [5.41, 5.74) is 2.34. The second-order valence-corrected chi connectivity index (χ2v) is 7.80. The van der Waals surface area contributed by atoms with Crippen molar-refractivity contribution >= 4 is 28.2 Å². The van der Waals surface area contributed by atoms with Gasteiger partial charge in [-0.25, -0.2) is 14.5 Å². The second-order valence-electron chi connectivity index (χ2n) is 7.80. The minimum Gasteiger partial charge on any atom is -0.454 e. The molecule has 4 aromatic rings. The van der Waals surface area contributed by atoms with Crippen LogP contribution >= 0.6 is 0 Å². The van der Waals surface area contributed by atoms with E-state index in [-0.39, 0.29) is 24.7 Å². The predicted octanol–water partition coefficient (Wildman–Crippen LogP) is 2.58. The number of Topliss-reactive ketones (excluding diaryl/α,β-unsaturated/α-hetero) is 1. The molecule has 160 valence electrons. The molecule has 1 aliphatic heterocycles. The fraction of sp³-hybridized carbons (Fsp3) is 0.364. The number of pyridine rings is 1. The maximum atomic E-state index is 12.5. The Kier molecular flexibility index (Phi) is 5.13. The minimum absolute atomic E-state index is 0.0389. The Hall–Kier alpha value is -3.30. The largest absolute Gasteiger partial charge is 0.454 e. The third kappa shape index (κ3) is 3.66. The van der Waals surface area contributed by atoms with Gasteiger partial charge in [-0.1, -0.05) is 6.92 Å². The molecule has 31 heavy (non-hydrogen) atoms. The summed E-state index contributed by atoms with van der Waals surface area (Å²) in [6, 6.07) is 7.21. The topological polar surface area (TPSA) is 106 Å². The van der Waals surface area contributed by atoms with Crippen LogP contribution in [0.4, 0.5) is 5.82 Å². The Morgan fingerprint density at radius 3 is 2.87 bits per heavy atom. The molecule has 9 nitrogen and oxygen atoms in total. The number of carbonyl (C=O) groups excluding carboxylic acids is 1. The lowest BCUT2D eigenvalue weighted by Crippen LogP contribution is -2.36. The third-order valence-corrected chi connectivity index (χ3v) is 5.48. The number of ketones is 1. The molecule has 0 spiro atoms. The summed E-state index contributed by atoms with van der Waals surface area (Å²) in [5.74, 6) is 1.23. The van der Waals surface area contributed by atoms with Gasteiger partial charge in [-0.05, 0) is 30.2 Å². The van der Waals surface area contributed by atoms with Gasteiger partial charge in [0.05, 0.1) is 24.8 Å². The molecular formula is C22H23N5O4. The van der Waals surface area contributed by atoms with Crippen LogP contribution in [0.5, 0.6) is 0 Å². The Morgan fingerprint density at radius 2 is 2.06 bits per heavy atom. The summed E-state index contributed by atoms with van der Waals surface area (Å²) in [6.07, 6.45) is 3.66. The number of hydrogen-bond acceptors (Lipinski definition) is 8. The Morgan fingerprint density at radius 1 is 1.23 bits per heavy atom. The van der Waals surface area contributed by atoms with E-state index in [4.69, 9.17) is 9.15 Å². The Bertz CT molecular complexity index is 1240.